The number of anilines is 1. The van der Waals surface area contributed by atoms with Gasteiger partial charge in [0.25, 0.3) is 0 Å². The third-order valence-electron chi connectivity index (χ3n) is 5.02. The number of hydrogen-bond acceptors (Lipinski definition) is 4. The largest absolute Gasteiger partial charge is 0.493 e. The summed E-state index contributed by atoms with van der Waals surface area (Å²) >= 11 is 0. The number of nitrogens with one attached hydrogen (secondary N) is 2. The molecule has 1 aliphatic rings. The fourth-order valence-corrected chi connectivity index (χ4v) is 3.44. The lowest BCUT2D eigenvalue weighted by atomic mass is 10.1. The summed E-state index contributed by atoms with van der Waals surface area (Å²) in [5.74, 6) is 0.957. The molecular weight excluding hydrogens is 392 g/mol. The van der Waals surface area contributed by atoms with E-state index in [1.165, 1.54) is 0 Å². The molecule has 4 rings (SSSR count). The van der Waals surface area contributed by atoms with E-state index < -0.39 is 0 Å². The van der Waals surface area contributed by atoms with Gasteiger partial charge in [0.2, 0.25) is 11.8 Å². The van der Waals surface area contributed by atoms with E-state index in [2.05, 4.69) is 29.6 Å². The van der Waals surface area contributed by atoms with Crippen LogP contribution < -0.4 is 15.4 Å². The van der Waals surface area contributed by atoms with Gasteiger partial charge in [0.15, 0.2) is 5.82 Å². The molecule has 2 amide bonds. The Morgan fingerprint density at radius 1 is 1.19 bits per heavy atom. The maximum absolute atomic E-state index is 12.6. The third kappa shape index (κ3) is 4.94. The van der Waals surface area contributed by atoms with Gasteiger partial charge in [-0.25, -0.2) is 4.68 Å². The van der Waals surface area contributed by atoms with Crippen molar-refractivity contribution in [2.45, 2.75) is 20.3 Å². The molecule has 2 N–H and O–H groups in total. The van der Waals surface area contributed by atoms with Crippen LogP contribution in [0, 0.1) is 11.8 Å². The topological polar surface area (TPSA) is 85.2 Å². The standard InChI is InChI=1S/C24H26N4O3/c1-16(2)15-31-20-10-6-7-17(11-20)21-13-22(26-24(30)18-12-23(29)25-14-18)27-28(21)19-8-4-3-5-9-19/h3-11,13,16,18H,12,14-15H2,1-2H3,(H,25,29)(H,26,27,30)/t18-/m0/s1. The SMILES string of the molecule is CC(C)COc1cccc(-c2cc(NC(=O)[C@@H]3CNC(=O)C3)nn2-c2ccccc2)c1. The predicted molar refractivity (Wildman–Crippen MR) is 119 cm³/mol. The van der Waals surface area contributed by atoms with Crippen LogP contribution in [0.5, 0.6) is 5.75 Å². The first kappa shape index (κ1) is 20.7. The molecule has 0 bridgehead atoms. The van der Waals surface area contributed by atoms with Crippen LogP contribution >= 0.6 is 0 Å². The molecule has 0 aliphatic carbocycles. The molecule has 1 aliphatic heterocycles. The first-order valence-electron chi connectivity index (χ1n) is 10.5. The van der Waals surface area contributed by atoms with Gasteiger partial charge in [0.1, 0.15) is 5.75 Å². The van der Waals surface area contributed by atoms with Crippen molar-refractivity contribution in [3.05, 3.63) is 60.7 Å². The smallest absolute Gasteiger partial charge is 0.230 e. The Hall–Kier alpha value is -3.61. The Balaban J connectivity index is 1.65. The lowest BCUT2D eigenvalue weighted by Gasteiger charge is -2.11. The van der Waals surface area contributed by atoms with Gasteiger partial charge in [-0.05, 0) is 30.2 Å². The number of rotatable bonds is 7. The molecule has 1 atom stereocenters. The zero-order valence-corrected chi connectivity index (χ0v) is 17.7. The lowest BCUT2D eigenvalue weighted by molar-refractivity contribution is -0.123. The van der Waals surface area contributed by atoms with E-state index in [-0.39, 0.29) is 24.2 Å². The van der Waals surface area contributed by atoms with Crippen molar-refractivity contribution in [2.24, 2.45) is 11.8 Å². The minimum Gasteiger partial charge on any atom is -0.493 e. The molecule has 1 saturated heterocycles. The van der Waals surface area contributed by atoms with Gasteiger partial charge in [0, 0.05) is 24.6 Å². The van der Waals surface area contributed by atoms with Gasteiger partial charge in [-0.1, -0.05) is 44.2 Å². The predicted octanol–water partition coefficient (Wildman–Crippen LogP) is 3.65. The zero-order chi connectivity index (χ0) is 21.8. The second-order valence-corrected chi connectivity index (χ2v) is 8.09. The minimum atomic E-state index is -0.384. The van der Waals surface area contributed by atoms with Gasteiger partial charge in [-0.2, -0.15) is 0 Å². The van der Waals surface area contributed by atoms with Gasteiger partial charge in [-0.15, -0.1) is 5.10 Å². The second kappa shape index (κ2) is 9.04. The van der Waals surface area contributed by atoms with Crippen molar-refractivity contribution in [3.8, 4) is 22.7 Å². The van der Waals surface area contributed by atoms with Crippen LogP contribution in [-0.2, 0) is 9.59 Å². The van der Waals surface area contributed by atoms with Crippen LogP contribution in [0.15, 0.2) is 60.7 Å². The summed E-state index contributed by atoms with van der Waals surface area (Å²) in [7, 11) is 0. The van der Waals surface area contributed by atoms with Crippen molar-refractivity contribution in [3.63, 3.8) is 0 Å². The molecule has 0 unspecified atom stereocenters. The molecule has 1 fully saturated rings. The van der Waals surface area contributed by atoms with Crippen LogP contribution in [-0.4, -0.2) is 34.7 Å². The molecule has 0 saturated carbocycles. The summed E-state index contributed by atoms with van der Waals surface area (Å²) in [6.07, 6.45) is 0.202. The first-order valence-corrected chi connectivity index (χ1v) is 10.5. The maximum Gasteiger partial charge on any atom is 0.230 e. The molecule has 160 valence electrons. The summed E-state index contributed by atoms with van der Waals surface area (Å²) in [4.78, 5) is 24.0. The summed E-state index contributed by atoms with van der Waals surface area (Å²) in [6, 6.07) is 19.4. The van der Waals surface area contributed by atoms with E-state index in [4.69, 9.17) is 4.74 Å². The van der Waals surface area contributed by atoms with Gasteiger partial charge >= 0.3 is 0 Å². The van der Waals surface area contributed by atoms with Crippen molar-refractivity contribution in [1.82, 2.24) is 15.1 Å². The molecular formula is C24H26N4O3. The van der Waals surface area contributed by atoms with Crippen molar-refractivity contribution < 1.29 is 14.3 Å². The number of amides is 2. The Bertz CT molecular complexity index is 1080. The van der Waals surface area contributed by atoms with E-state index in [9.17, 15) is 9.59 Å². The molecule has 7 nitrogen and oxygen atoms in total. The molecule has 31 heavy (non-hydrogen) atoms. The molecule has 2 aromatic carbocycles. The number of para-hydroxylation sites is 1. The van der Waals surface area contributed by atoms with Crippen LogP contribution in [0.1, 0.15) is 20.3 Å². The Kier molecular flexibility index (Phi) is 6.02. The summed E-state index contributed by atoms with van der Waals surface area (Å²) < 4.78 is 7.69. The molecule has 0 spiro atoms. The molecule has 3 aromatic rings. The minimum absolute atomic E-state index is 0.103. The number of carbonyl (C=O) groups is 2. The highest BCUT2D eigenvalue weighted by Crippen LogP contribution is 2.29. The van der Waals surface area contributed by atoms with E-state index in [1.54, 1.807) is 4.68 Å². The zero-order valence-electron chi connectivity index (χ0n) is 17.7. The fourth-order valence-electron chi connectivity index (χ4n) is 3.44. The first-order chi connectivity index (χ1) is 15.0. The summed E-state index contributed by atoms with van der Waals surface area (Å²) in [6.45, 7) is 5.20. The number of hydrogen-bond donors (Lipinski definition) is 2. The molecule has 2 heterocycles. The number of carbonyl (C=O) groups excluding carboxylic acids is 2. The monoisotopic (exact) mass is 418 g/mol. The van der Waals surface area contributed by atoms with E-state index in [1.807, 2.05) is 60.7 Å². The van der Waals surface area contributed by atoms with E-state index >= 15 is 0 Å². The number of benzene rings is 2. The summed E-state index contributed by atoms with van der Waals surface area (Å²) in [5, 5.41) is 10.2. The highest BCUT2D eigenvalue weighted by atomic mass is 16.5. The Morgan fingerprint density at radius 3 is 2.71 bits per heavy atom. The normalized spacial score (nSPS) is 15.7. The molecule has 1 aromatic heterocycles. The molecule has 0 radical (unpaired) electrons. The van der Waals surface area contributed by atoms with Gasteiger partial charge < -0.3 is 15.4 Å². The van der Waals surface area contributed by atoms with Crippen molar-refractivity contribution in [2.75, 3.05) is 18.5 Å². The van der Waals surface area contributed by atoms with Crippen LogP contribution in [0.25, 0.3) is 16.9 Å². The van der Waals surface area contributed by atoms with Crippen LogP contribution in [0.4, 0.5) is 5.82 Å². The highest BCUT2D eigenvalue weighted by Gasteiger charge is 2.28. The number of nitrogens with zero attached hydrogens (tertiary/aromatic N) is 2. The number of ether oxygens (including phenoxy) is 1. The Morgan fingerprint density at radius 2 is 2.00 bits per heavy atom. The lowest BCUT2D eigenvalue weighted by Crippen LogP contribution is -2.24. The van der Waals surface area contributed by atoms with Gasteiger partial charge in [-0.3, -0.25) is 9.59 Å². The van der Waals surface area contributed by atoms with E-state index in [0.29, 0.717) is 24.9 Å². The molecule has 7 heteroatoms. The van der Waals surface area contributed by atoms with E-state index in [0.717, 1.165) is 22.7 Å². The highest BCUT2D eigenvalue weighted by molar-refractivity contribution is 5.97. The van der Waals surface area contributed by atoms with Crippen molar-refractivity contribution >= 4 is 17.6 Å². The maximum atomic E-state index is 12.6. The van der Waals surface area contributed by atoms with Gasteiger partial charge in [0.05, 0.1) is 23.9 Å². The average Bonchev–Trinajstić information content (AvgIpc) is 3.39. The fraction of sp³-hybridized carbons (Fsp3) is 0.292. The van der Waals surface area contributed by atoms with Crippen LogP contribution in [0.3, 0.4) is 0 Å². The Labute approximate surface area is 181 Å². The summed E-state index contributed by atoms with van der Waals surface area (Å²) in [5.41, 5.74) is 2.64. The van der Waals surface area contributed by atoms with Crippen molar-refractivity contribution in [1.29, 1.82) is 0 Å². The number of aromatic nitrogens is 2. The van der Waals surface area contributed by atoms with Crippen LogP contribution in [0.2, 0.25) is 0 Å². The quantitative estimate of drug-likeness (QED) is 0.613. The average molecular weight is 418 g/mol. The third-order valence-corrected chi connectivity index (χ3v) is 5.02. The second-order valence-electron chi connectivity index (χ2n) is 8.09.